The van der Waals surface area contributed by atoms with Crippen LogP contribution < -0.4 is 5.32 Å². The molecule has 1 aromatic carbocycles. The molecule has 140 valence electrons. The number of amides is 1. The molecule has 1 saturated heterocycles. The van der Waals surface area contributed by atoms with Gasteiger partial charge in [-0.2, -0.15) is 4.31 Å². The number of nitrogens with one attached hydrogen (secondary N) is 1. The number of hydrogen-bond donors (Lipinski definition) is 1. The maximum Gasteiger partial charge on any atom is 0.244 e. The van der Waals surface area contributed by atoms with Crippen molar-refractivity contribution in [1.29, 1.82) is 0 Å². The van der Waals surface area contributed by atoms with Gasteiger partial charge in [-0.25, -0.2) is 17.8 Å². The van der Waals surface area contributed by atoms with Gasteiger partial charge in [-0.1, -0.05) is 11.6 Å². The number of hydrogen-bond acceptors (Lipinski definition) is 6. The van der Waals surface area contributed by atoms with Gasteiger partial charge in [0, 0.05) is 11.1 Å². The highest BCUT2D eigenvalue weighted by Gasteiger charge is 2.40. The Morgan fingerprint density at radius 2 is 2.27 bits per heavy atom. The third-order valence-corrected chi connectivity index (χ3v) is 7.89. The SMILES string of the molecule is Cc1nc(CNC(=O)C2CSCN2S(=O)(=O)c2ccc(F)c(Cl)c2)cs1. The summed E-state index contributed by atoms with van der Waals surface area (Å²) in [4.78, 5) is 16.6. The fourth-order valence-electron chi connectivity index (χ4n) is 2.43. The standard InChI is InChI=1S/C15H15ClFN3O3S3/c1-9-19-10(6-25-9)5-18-15(21)14-7-24-8-20(14)26(22,23)11-2-3-13(17)12(16)4-11/h2-4,6,14H,5,7-8H2,1H3,(H,18,21). The first-order valence-corrected chi connectivity index (χ1v) is 11.4. The quantitative estimate of drug-likeness (QED) is 0.780. The first kappa shape index (κ1) is 19.6. The van der Waals surface area contributed by atoms with E-state index in [0.29, 0.717) is 5.75 Å². The Balaban J connectivity index is 1.75. The van der Waals surface area contributed by atoms with E-state index < -0.39 is 27.8 Å². The van der Waals surface area contributed by atoms with Gasteiger partial charge < -0.3 is 5.32 Å². The summed E-state index contributed by atoms with van der Waals surface area (Å²) >= 11 is 8.51. The van der Waals surface area contributed by atoms with Crippen molar-refractivity contribution in [2.24, 2.45) is 0 Å². The number of halogens is 2. The van der Waals surface area contributed by atoms with Crippen LogP contribution >= 0.6 is 34.7 Å². The number of aromatic nitrogens is 1. The van der Waals surface area contributed by atoms with E-state index in [1.54, 1.807) is 0 Å². The molecular weight excluding hydrogens is 421 g/mol. The zero-order chi connectivity index (χ0) is 18.9. The summed E-state index contributed by atoms with van der Waals surface area (Å²) in [6.45, 7) is 2.10. The second-order valence-corrected chi connectivity index (χ2v) is 9.92. The molecule has 11 heteroatoms. The highest BCUT2D eigenvalue weighted by Crippen LogP contribution is 2.30. The third-order valence-electron chi connectivity index (χ3n) is 3.75. The average Bonchev–Trinajstić information content (AvgIpc) is 3.24. The smallest absolute Gasteiger partial charge is 0.244 e. The molecule has 1 fully saturated rings. The van der Waals surface area contributed by atoms with E-state index in [1.807, 2.05) is 12.3 Å². The van der Waals surface area contributed by atoms with E-state index in [1.165, 1.54) is 23.1 Å². The van der Waals surface area contributed by atoms with Crippen molar-refractivity contribution in [2.75, 3.05) is 11.6 Å². The molecule has 0 saturated carbocycles. The lowest BCUT2D eigenvalue weighted by Crippen LogP contribution is -2.47. The number of carbonyl (C=O) groups excluding carboxylic acids is 1. The molecule has 0 spiro atoms. The molecule has 1 aliphatic heterocycles. The molecule has 26 heavy (non-hydrogen) atoms. The zero-order valence-corrected chi connectivity index (χ0v) is 16.8. The molecule has 1 atom stereocenters. The second kappa shape index (κ2) is 7.81. The van der Waals surface area contributed by atoms with Crippen LogP contribution in [0.2, 0.25) is 5.02 Å². The van der Waals surface area contributed by atoms with Gasteiger partial charge in [0.05, 0.1) is 33.0 Å². The second-order valence-electron chi connectivity index (χ2n) is 5.56. The topological polar surface area (TPSA) is 79.4 Å². The van der Waals surface area contributed by atoms with Crippen molar-refractivity contribution in [3.8, 4) is 0 Å². The van der Waals surface area contributed by atoms with Crippen molar-refractivity contribution in [1.82, 2.24) is 14.6 Å². The van der Waals surface area contributed by atoms with Crippen LogP contribution in [0, 0.1) is 12.7 Å². The molecule has 1 amide bonds. The summed E-state index contributed by atoms with van der Waals surface area (Å²) in [5, 5.41) is 5.18. The molecule has 3 rings (SSSR count). The molecule has 0 radical (unpaired) electrons. The third kappa shape index (κ3) is 4.04. The highest BCUT2D eigenvalue weighted by molar-refractivity contribution is 8.00. The number of thioether (sulfide) groups is 1. The van der Waals surface area contributed by atoms with E-state index in [0.717, 1.165) is 33.2 Å². The summed E-state index contributed by atoms with van der Waals surface area (Å²) in [7, 11) is -3.96. The summed E-state index contributed by atoms with van der Waals surface area (Å²) in [6, 6.07) is 2.36. The van der Waals surface area contributed by atoms with Crippen molar-refractivity contribution in [3.05, 3.63) is 45.1 Å². The van der Waals surface area contributed by atoms with Crippen LogP contribution in [0.1, 0.15) is 10.7 Å². The largest absolute Gasteiger partial charge is 0.349 e. The lowest BCUT2D eigenvalue weighted by Gasteiger charge is -2.22. The Hall–Kier alpha value is -1.20. The van der Waals surface area contributed by atoms with Gasteiger partial charge in [-0.15, -0.1) is 23.1 Å². The molecule has 1 aliphatic rings. The number of nitrogens with zero attached hydrogens (tertiary/aromatic N) is 2. The Morgan fingerprint density at radius 1 is 1.50 bits per heavy atom. The number of thiazole rings is 1. The van der Waals surface area contributed by atoms with Crippen LogP contribution in [0.3, 0.4) is 0 Å². The summed E-state index contributed by atoms with van der Waals surface area (Å²) in [5.41, 5.74) is 0.728. The van der Waals surface area contributed by atoms with Gasteiger partial charge in [0.1, 0.15) is 11.9 Å². The van der Waals surface area contributed by atoms with Crippen LogP contribution in [-0.4, -0.2) is 41.3 Å². The van der Waals surface area contributed by atoms with Gasteiger partial charge in [0.2, 0.25) is 15.9 Å². The predicted octanol–water partition coefficient (Wildman–Crippen LogP) is 2.62. The molecule has 6 nitrogen and oxygen atoms in total. The Morgan fingerprint density at radius 3 is 2.92 bits per heavy atom. The van der Waals surface area contributed by atoms with E-state index in [-0.39, 0.29) is 22.3 Å². The fourth-order valence-corrected chi connectivity index (χ4v) is 6.46. The van der Waals surface area contributed by atoms with Crippen LogP contribution in [0.15, 0.2) is 28.5 Å². The van der Waals surface area contributed by atoms with Gasteiger partial charge in [-0.3, -0.25) is 4.79 Å². The number of carbonyl (C=O) groups is 1. The number of benzene rings is 1. The van der Waals surface area contributed by atoms with E-state index in [9.17, 15) is 17.6 Å². The number of aryl methyl sites for hydroxylation is 1. The van der Waals surface area contributed by atoms with Gasteiger partial charge >= 0.3 is 0 Å². The number of rotatable bonds is 5. The Bertz CT molecular complexity index is 935. The summed E-state index contributed by atoms with van der Waals surface area (Å²) in [5.74, 6) is -0.604. The molecule has 2 aromatic rings. The van der Waals surface area contributed by atoms with Crippen LogP contribution in [-0.2, 0) is 21.4 Å². The van der Waals surface area contributed by atoms with Crippen molar-refractivity contribution < 1.29 is 17.6 Å². The van der Waals surface area contributed by atoms with Gasteiger partial charge in [-0.05, 0) is 25.1 Å². The molecule has 0 bridgehead atoms. The monoisotopic (exact) mass is 435 g/mol. The summed E-state index contributed by atoms with van der Waals surface area (Å²) < 4.78 is 40.1. The highest BCUT2D eigenvalue weighted by atomic mass is 35.5. The van der Waals surface area contributed by atoms with Gasteiger partial charge in [0.25, 0.3) is 0 Å². The lowest BCUT2D eigenvalue weighted by molar-refractivity contribution is -0.124. The van der Waals surface area contributed by atoms with Crippen molar-refractivity contribution in [3.63, 3.8) is 0 Å². The normalized spacial score (nSPS) is 18.2. The van der Waals surface area contributed by atoms with E-state index in [4.69, 9.17) is 11.6 Å². The summed E-state index contributed by atoms with van der Waals surface area (Å²) in [6.07, 6.45) is 0. The van der Waals surface area contributed by atoms with Gasteiger partial charge in [0.15, 0.2) is 0 Å². The van der Waals surface area contributed by atoms with Crippen molar-refractivity contribution >= 4 is 50.6 Å². The maximum atomic E-state index is 13.3. The average molecular weight is 436 g/mol. The Kier molecular flexibility index (Phi) is 5.88. The Labute approximate surface area is 163 Å². The van der Waals surface area contributed by atoms with E-state index in [2.05, 4.69) is 10.3 Å². The van der Waals surface area contributed by atoms with Crippen molar-refractivity contribution in [2.45, 2.75) is 24.4 Å². The first-order valence-electron chi connectivity index (χ1n) is 7.52. The van der Waals surface area contributed by atoms with Crippen LogP contribution in [0.4, 0.5) is 4.39 Å². The van der Waals surface area contributed by atoms with Crippen LogP contribution in [0.25, 0.3) is 0 Å². The molecule has 1 aromatic heterocycles. The first-order chi connectivity index (χ1) is 12.3. The molecule has 2 heterocycles. The molecule has 1 unspecified atom stereocenters. The maximum absolute atomic E-state index is 13.3. The van der Waals surface area contributed by atoms with E-state index >= 15 is 0 Å². The zero-order valence-electron chi connectivity index (χ0n) is 13.6. The minimum Gasteiger partial charge on any atom is -0.349 e. The fraction of sp³-hybridized carbons (Fsp3) is 0.333. The number of sulfonamides is 1. The molecule has 1 N–H and O–H groups in total. The van der Waals surface area contributed by atoms with Crippen LogP contribution in [0.5, 0.6) is 0 Å². The minimum atomic E-state index is -3.96. The predicted molar refractivity (Wildman–Crippen MR) is 100 cm³/mol. The minimum absolute atomic E-state index is 0.140. The lowest BCUT2D eigenvalue weighted by atomic mass is 10.3. The molecule has 0 aliphatic carbocycles. The molecular formula is C15H15ClFN3O3S3.